The lowest BCUT2D eigenvalue weighted by Gasteiger charge is -2.45. The van der Waals surface area contributed by atoms with Crippen molar-refractivity contribution in [1.29, 1.82) is 0 Å². The van der Waals surface area contributed by atoms with E-state index in [-0.39, 0.29) is 0 Å². The molecule has 25 heavy (non-hydrogen) atoms. The Bertz CT molecular complexity index is 507. The van der Waals surface area contributed by atoms with Crippen molar-refractivity contribution in [3.05, 3.63) is 0 Å². The Hall–Kier alpha value is -0.340. The fourth-order valence-corrected chi connectivity index (χ4v) is 4.34. The third-order valence-corrected chi connectivity index (χ3v) is 5.79. The molecule has 0 aromatic carbocycles. The lowest BCUT2D eigenvalue weighted by Crippen LogP contribution is -2.63. The summed E-state index contributed by atoms with van der Waals surface area (Å²) in [5, 5.41) is 59.2. The van der Waals surface area contributed by atoms with Crippen LogP contribution in [0.4, 0.5) is 0 Å². The lowest BCUT2D eigenvalue weighted by molar-refractivity contribution is -0.327. The summed E-state index contributed by atoms with van der Waals surface area (Å²) in [5.74, 6) is 0. The molecular weight excluding hydrogens is 358 g/mol. The first-order chi connectivity index (χ1) is 11.9. The second kappa shape index (κ2) is 7.72. The maximum absolute atomic E-state index is 10.4. The molecule has 2 saturated heterocycles. The molecule has 0 amide bonds. The van der Waals surface area contributed by atoms with E-state index in [0.29, 0.717) is 0 Å². The topological polar surface area (TPSA) is 161 Å². The van der Waals surface area contributed by atoms with E-state index < -0.39 is 73.7 Å². The number of ether oxygens (including phenoxy) is 3. The molecule has 0 spiro atoms. The smallest absolute Gasteiger partial charge is 0.187 e. The Morgan fingerprint density at radius 3 is 2.24 bits per heavy atom. The minimum atomic E-state index is -1.58. The van der Waals surface area contributed by atoms with Crippen molar-refractivity contribution >= 4 is 16.8 Å². The van der Waals surface area contributed by atoms with Gasteiger partial charge in [0.25, 0.3) is 0 Å². The predicted octanol–water partition coefficient (Wildman–Crippen LogP) is -3.22. The number of hydrogen-bond donors (Lipinski definition) is 6. The van der Waals surface area contributed by atoms with Crippen molar-refractivity contribution in [3.8, 4) is 0 Å². The van der Waals surface area contributed by atoms with Crippen molar-refractivity contribution < 1.29 is 44.8 Å². The van der Waals surface area contributed by atoms with Gasteiger partial charge in [-0.05, 0) is 6.92 Å². The largest absolute Gasteiger partial charge is 0.394 e. The standard InChI is InChI=1S/C14H23NO9S/c1-4-15-13-12(25-4)11(8(19)6(3-17)22-13)24-14-10(21)9(20)7(18)5(2-16)23-14/h5-14,16-21H,2-3H2,1H3/t5-,6-,7+,8-,9+,10-,11+,12-,13+,14+/m1/s1. The molecule has 2 fully saturated rings. The van der Waals surface area contributed by atoms with Crippen LogP contribution in [0.5, 0.6) is 0 Å². The fraction of sp³-hybridized carbons (Fsp3) is 0.929. The number of hydrogen-bond acceptors (Lipinski definition) is 11. The summed E-state index contributed by atoms with van der Waals surface area (Å²) in [6.07, 6.45) is -10.8. The number of thioether (sulfide) groups is 1. The third-order valence-electron chi connectivity index (χ3n) is 4.57. The molecule has 0 bridgehead atoms. The predicted molar refractivity (Wildman–Crippen MR) is 84.9 cm³/mol. The first-order valence-electron chi connectivity index (χ1n) is 7.98. The van der Waals surface area contributed by atoms with Crippen molar-refractivity contribution in [2.45, 2.75) is 67.4 Å². The molecule has 3 rings (SSSR count). The summed E-state index contributed by atoms with van der Waals surface area (Å²) in [6, 6.07) is 0. The average molecular weight is 381 g/mol. The van der Waals surface area contributed by atoms with Crippen LogP contribution in [0.25, 0.3) is 0 Å². The quantitative estimate of drug-likeness (QED) is 0.292. The van der Waals surface area contributed by atoms with Crippen LogP contribution in [0, 0.1) is 0 Å². The van der Waals surface area contributed by atoms with Gasteiger partial charge in [-0.25, -0.2) is 0 Å². The molecule has 6 N–H and O–H groups in total. The van der Waals surface area contributed by atoms with Gasteiger partial charge >= 0.3 is 0 Å². The van der Waals surface area contributed by atoms with Gasteiger partial charge in [0.1, 0.15) is 42.7 Å². The molecule has 0 aliphatic carbocycles. The minimum absolute atomic E-state index is 0.426. The van der Waals surface area contributed by atoms with Gasteiger partial charge in [-0.3, -0.25) is 4.99 Å². The first kappa shape index (κ1) is 19.4. The number of aliphatic hydroxyl groups excluding tert-OH is 6. The second-order valence-electron chi connectivity index (χ2n) is 6.27. The summed E-state index contributed by atoms with van der Waals surface area (Å²) in [4.78, 5) is 4.29. The minimum Gasteiger partial charge on any atom is -0.394 e. The van der Waals surface area contributed by atoms with Crippen LogP contribution >= 0.6 is 11.8 Å². The monoisotopic (exact) mass is 381 g/mol. The van der Waals surface area contributed by atoms with E-state index >= 15 is 0 Å². The van der Waals surface area contributed by atoms with Crippen LogP contribution in [0.2, 0.25) is 0 Å². The molecule has 144 valence electrons. The van der Waals surface area contributed by atoms with Crippen molar-refractivity contribution in [3.63, 3.8) is 0 Å². The molecule has 0 aromatic heterocycles. The Morgan fingerprint density at radius 1 is 0.960 bits per heavy atom. The Labute approximate surface area is 148 Å². The van der Waals surface area contributed by atoms with Gasteiger partial charge in [0.05, 0.1) is 23.5 Å². The maximum Gasteiger partial charge on any atom is 0.187 e. The van der Waals surface area contributed by atoms with Gasteiger partial charge in [0.2, 0.25) is 0 Å². The zero-order valence-electron chi connectivity index (χ0n) is 13.5. The van der Waals surface area contributed by atoms with Crippen molar-refractivity contribution in [2.75, 3.05) is 13.2 Å². The van der Waals surface area contributed by atoms with Gasteiger partial charge in [0, 0.05) is 0 Å². The van der Waals surface area contributed by atoms with E-state index in [2.05, 4.69) is 4.99 Å². The fourth-order valence-electron chi connectivity index (χ4n) is 3.18. The summed E-state index contributed by atoms with van der Waals surface area (Å²) < 4.78 is 16.6. The molecule has 0 unspecified atom stereocenters. The molecule has 0 saturated carbocycles. The highest BCUT2D eigenvalue weighted by atomic mass is 32.2. The van der Waals surface area contributed by atoms with Crippen LogP contribution in [0.1, 0.15) is 6.92 Å². The van der Waals surface area contributed by atoms with Gasteiger partial charge < -0.3 is 44.8 Å². The van der Waals surface area contributed by atoms with Gasteiger partial charge in [0.15, 0.2) is 12.5 Å². The van der Waals surface area contributed by atoms with Crippen LogP contribution in [-0.4, -0.2) is 109 Å². The highest BCUT2D eigenvalue weighted by Gasteiger charge is 2.52. The summed E-state index contributed by atoms with van der Waals surface area (Å²) in [5.41, 5.74) is 0. The van der Waals surface area contributed by atoms with E-state index in [9.17, 15) is 30.6 Å². The number of fused-ring (bicyclic) bond motifs is 1. The van der Waals surface area contributed by atoms with Gasteiger partial charge in [-0.15, -0.1) is 11.8 Å². The molecule has 10 atom stereocenters. The molecule has 0 aromatic rings. The SMILES string of the molecule is CC1=N[C@H]2O[C@H](CO)[C@@H](O)[C@H](O[C@@H]3O[C@H](CO)[C@H](O)[C@H](O)[C@H]3O)[C@H]2S1. The van der Waals surface area contributed by atoms with Crippen molar-refractivity contribution in [2.24, 2.45) is 4.99 Å². The number of aliphatic hydroxyl groups is 6. The zero-order chi connectivity index (χ0) is 18.3. The van der Waals surface area contributed by atoms with Crippen LogP contribution in [0.3, 0.4) is 0 Å². The van der Waals surface area contributed by atoms with Crippen molar-refractivity contribution in [1.82, 2.24) is 0 Å². The number of rotatable bonds is 4. The van der Waals surface area contributed by atoms with Crippen LogP contribution < -0.4 is 0 Å². The molecule has 3 aliphatic heterocycles. The average Bonchev–Trinajstić information content (AvgIpc) is 2.97. The summed E-state index contributed by atoms with van der Waals surface area (Å²) in [6.45, 7) is 0.749. The van der Waals surface area contributed by atoms with Crippen LogP contribution in [-0.2, 0) is 14.2 Å². The van der Waals surface area contributed by atoms with Gasteiger partial charge in [-0.1, -0.05) is 0 Å². The van der Waals surface area contributed by atoms with E-state index in [1.807, 2.05) is 0 Å². The Kier molecular flexibility index (Phi) is 6.00. The Morgan fingerprint density at radius 2 is 1.60 bits per heavy atom. The summed E-state index contributed by atoms with van der Waals surface area (Å²) in [7, 11) is 0. The molecule has 3 heterocycles. The first-order valence-corrected chi connectivity index (χ1v) is 8.86. The second-order valence-corrected chi connectivity index (χ2v) is 7.64. The number of aliphatic imine (C=N–C) groups is 1. The highest BCUT2D eigenvalue weighted by Crippen LogP contribution is 2.39. The van der Waals surface area contributed by atoms with E-state index in [1.54, 1.807) is 6.92 Å². The molecule has 0 radical (unpaired) electrons. The lowest BCUT2D eigenvalue weighted by atomic mass is 9.97. The summed E-state index contributed by atoms with van der Waals surface area (Å²) >= 11 is 1.33. The maximum atomic E-state index is 10.4. The molecule has 10 nitrogen and oxygen atoms in total. The molecular formula is C14H23NO9S. The zero-order valence-corrected chi connectivity index (χ0v) is 14.3. The van der Waals surface area contributed by atoms with E-state index in [0.717, 1.165) is 5.04 Å². The third kappa shape index (κ3) is 3.58. The van der Waals surface area contributed by atoms with Gasteiger partial charge in [-0.2, -0.15) is 0 Å². The molecule has 3 aliphatic rings. The van der Waals surface area contributed by atoms with E-state index in [1.165, 1.54) is 11.8 Å². The van der Waals surface area contributed by atoms with E-state index in [4.69, 9.17) is 14.2 Å². The highest BCUT2D eigenvalue weighted by molar-refractivity contribution is 8.14. The number of nitrogens with zero attached hydrogens (tertiary/aromatic N) is 1. The normalized spacial score (nSPS) is 50.4. The molecule has 11 heteroatoms. The Balaban J connectivity index is 1.77. The van der Waals surface area contributed by atoms with Crippen LogP contribution in [0.15, 0.2) is 4.99 Å².